The van der Waals surface area contributed by atoms with Gasteiger partial charge in [0.1, 0.15) is 0 Å². The summed E-state index contributed by atoms with van der Waals surface area (Å²) in [5.74, 6) is 1.09. The molecule has 1 N–H and O–H groups in total. The van der Waals surface area contributed by atoms with Crippen LogP contribution in [0.3, 0.4) is 0 Å². The molecule has 1 saturated carbocycles. The molecule has 0 radical (unpaired) electrons. The quantitative estimate of drug-likeness (QED) is 0.518. The van der Waals surface area contributed by atoms with Crippen molar-refractivity contribution < 1.29 is 0 Å². The molecule has 2 bridgehead atoms. The molecule has 2 fully saturated rings. The summed E-state index contributed by atoms with van der Waals surface area (Å²) in [7, 11) is 0. The Morgan fingerprint density at radius 3 is 2.89 bits per heavy atom. The van der Waals surface area contributed by atoms with Gasteiger partial charge in [0.15, 0.2) is 0 Å². The molecule has 0 aromatic heterocycles. The van der Waals surface area contributed by atoms with Crippen LogP contribution in [-0.4, -0.2) is 12.6 Å². The van der Waals surface area contributed by atoms with Gasteiger partial charge < -0.3 is 5.32 Å². The Hall–Kier alpha value is -0.0400. The average molecular weight is 125 g/mol. The monoisotopic (exact) mass is 125 g/mol. The van der Waals surface area contributed by atoms with Gasteiger partial charge in [-0.25, -0.2) is 0 Å². The number of rotatable bonds is 0. The summed E-state index contributed by atoms with van der Waals surface area (Å²) in [6.45, 7) is 1.29. The van der Waals surface area contributed by atoms with Gasteiger partial charge in [0.25, 0.3) is 0 Å². The molecule has 1 aliphatic heterocycles. The van der Waals surface area contributed by atoms with Crippen molar-refractivity contribution >= 4 is 0 Å². The van der Waals surface area contributed by atoms with Crippen LogP contribution in [0.2, 0.25) is 0 Å². The fourth-order valence-electron chi connectivity index (χ4n) is 2.23. The molecule has 1 heterocycles. The van der Waals surface area contributed by atoms with Crippen LogP contribution in [0.15, 0.2) is 0 Å². The van der Waals surface area contributed by atoms with E-state index in [9.17, 15) is 0 Å². The smallest absolute Gasteiger partial charge is 0.00697 e. The Bertz CT molecular complexity index is 80.7. The third-order valence-corrected chi connectivity index (χ3v) is 2.77. The third kappa shape index (κ3) is 1.11. The number of nitrogens with one attached hydrogen (secondary N) is 1. The zero-order chi connectivity index (χ0) is 6.10. The summed E-state index contributed by atoms with van der Waals surface area (Å²) in [6.07, 6.45) is 7.34. The summed E-state index contributed by atoms with van der Waals surface area (Å²) in [5, 5.41) is 3.55. The zero-order valence-corrected chi connectivity index (χ0v) is 5.90. The Balaban J connectivity index is 1.96. The molecule has 1 aliphatic carbocycles. The summed E-state index contributed by atoms with van der Waals surface area (Å²) >= 11 is 0. The first-order valence-electron chi connectivity index (χ1n) is 4.18. The highest BCUT2D eigenvalue weighted by Crippen LogP contribution is 2.29. The molecular weight excluding hydrogens is 110 g/mol. The summed E-state index contributed by atoms with van der Waals surface area (Å²) in [4.78, 5) is 0. The van der Waals surface area contributed by atoms with E-state index in [1.165, 1.54) is 38.6 Å². The minimum absolute atomic E-state index is 0.900. The van der Waals surface area contributed by atoms with Crippen LogP contribution in [0.1, 0.15) is 32.1 Å². The molecule has 2 atom stereocenters. The molecular formula is C8H15N. The molecule has 0 aromatic rings. The highest BCUT2D eigenvalue weighted by molar-refractivity contribution is 4.82. The molecule has 2 unspecified atom stereocenters. The van der Waals surface area contributed by atoms with Crippen molar-refractivity contribution in [2.24, 2.45) is 5.92 Å². The fourth-order valence-corrected chi connectivity index (χ4v) is 2.23. The van der Waals surface area contributed by atoms with E-state index in [1.807, 2.05) is 0 Å². The summed E-state index contributed by atoms with van der Waals surface area (Å²) in [5.41, 5.74) is 0. The van der Waals surface area contributed by atoms with Crippen molar-refractivity contribution in [1.29, 1.82) is 0 Å². The normalized spacial score (nSPS) is 42.7. The van der Waals surface area contributed by atoms with Gasteiger partial charge in [0, 0.05) is 6.04 Å². The lowest BCUT2D eigenvalue weighted by Gasteiger charge is -2.34. The van der Waals surface area contributed by atoms with E-state index in [-0.39, 0.29) is 0 Å². The van der Waals surface area contributed by atoms with Crippen molar-refractivity contribution in [1.82, 2.24) is 5.32 Å². The predicted octanol–water partition coefficient (Wildman–Crippen LogP) is 1.54. The summed E-state index contributed by atoms with van der Waals surface area (Å²) in [6, 6.07) is 0.900. The molecule has 2 aliphatic rings. The van der Waals surface area contributed by atoms with Gasteiger partial charge in [-0.3, -0.25) is 0 Å². The predicted molar refractivity (Wildman–Crippen MR) is 38.4 cm³/mol. The Morgan fingerprint density at radius 1 is 1.11 bits per heavy atom. The summed E-state index contributed by atoms with van der Waals surface area (Å²) < 4.78 is 0. The van der Waals surface area contributed by atoms with E-state index in [0.29, 0.717) is 0 Å². The van der Waals surface area contributed by atoms with Crippen molar-refractivity contribution in [3.05, 3.63) is 0 Å². The first kappa shape index (κ1) is 5.72. The van der Waals surface area contributed by atoms with Gasteiger partial charge in [-0.05, 0) is 31.7 Å². The van der Waals surface area contributed by atoms with Crippen LogP contribution in [0.4, 0.5) is 0 Å². The molecule has 52 valence electrons. The van der Waals surface area contributed by atoms with Gasteiger partial charge >= 0.3 is 0 Å². The van der Waals surface area contributed by atoms with Gasteiger partial charge in [-0.1, -0.05) is 12.8 Å². The van der Waals surface area contributed by atoms with Crippen LogP contribution < -0.4 is 5.32 Å². The lowest BCUT2D eigenvalue weighted by atomic mass is 9.81. The second-order valence-electron chi connectivity index (χ2n) is 3.47. The lowest BCUT2D eigenvalue weighted by Crippen LogP contribution is -2.40. The molecule has 1 saturated heterocycles. The fraction of sp³-hybridized carbons (Fsp3) is 1.00. The lowest BCUT2D eigenvalue weighted by molar-refractivity contribution is 0.225. The highest BCUT2D eigenvalue weighted by Gasteiger charge is 2.24. The second-order valence-corrected chi connectivity index (χ2v) is 3.47. The molecule has 1 heteroatoms. The van der Waals surface area contributed by atoms with E-state index < -0.39 is 0 Å². The topological polar surface area (TPSA) is 12.0 Å². The zero-order valence-electron chi connectivity index (χ0n) is 5.90. The largest absolute Gasteiger partial charge is 0.314 e. The highest BCUT2D eigenvalue weighted by atomic mass is 14.9. The minimum Gasteiger partial charge on any atom is -0.314 e. The number of hydrogen-bond donors (Lipinski definition) is 1. The number of hydrogen-bond acceptors (Lipinski definition) is 1. The van der Waals surface area contributed by atoms with Crippen LogP contribution >= 0.6 is 0 Å². The van der Waals surface area contributed by atoms with Crippen LogP contribution in [0, 0.1) is 5.92 Å². The van der Waals surface area contributed by atoms with Crippen molar-refractivity contribution in [3.8, 4) is 0 Å². The van der Waals surface area contributed by atoms with Gasteiger partial charge in [-0.2, -0.15) is 0 Å². The molecule has 2 rings (SSSR count). The van der Waals surface area contributed by atoms with Crippen molar-refractivity contribution in [2.45, 2.75) is 38.1 Å². The standard InChI is InChI=1S/C8H15N/c1-2-7-4-5-9-8(3-1)6-7/h7-9H,1-6H2. The van der Waals surface area contributed by atoms with Crippen LogP contribution in [0.25, 0.3) is 0 Å². The molecule has 0 aromatic carbocycles. The maximum absolute atomic E-state index is 3.55. The van der Waals surface area contributed by atoms with E-state index in [1.54, 1.807) is 0 Å². The first-order valence-corrected chi connectivity index (χ1v) is 4.18. The van der Waals surface area contributed by atoms with Crippen LogP contribution in [0.5, 0.6) is 0 Å². The van der Waals surface area contributed by atoms with E-state index in [4.69, 9.17) is 0 Å². The van der Waals surface area contributed by atoms with Gasteiger partial charge in [0.05, 0.1) is 0 Å². The van der Waals surface area contributed by atoms with Gasteiger partial charge in [-0.15, -0.1) is 0 Å². The molecule has 9 heavy (non-hydrogen) atoms. The SMILES string of the molecule is C1CC2CCNC(C1)C2. The Morgan fingerprint density at radius 2 is 2.11 bits per heavy atom. The van der Waals surface area contributed by atoms with Gasteiger partial charge in [0.2, 0.25) is 0 Å². The second kappa shape index (κ2) is 2.30. The Labute approximate surface area is 56.8 Å². The molecule has 0 amide bonds. The van der Waals surface area contributed by atoms with Crippen molar-refractivity contribution in [2.75, 3.05) is 6.54 Å². The Kier molecular flexibility index (Phi) is 1.46. The molecule has 0 spiro atoms. The van der Waals surface area contributed by atoms with E-state index >= 15 is 0 Å². The van der Waals surface area contributed by atoms with Crippen LogP contribution in [-0.2, 0) is 0 Å². The van der Waals surface area contributed by atoms with E-state index in [0.717, 1.165) is 12.0 Å². The number of piperidine rings is 1. The third-order valence-electron chi connectivity index (χ3n) is 2.77. The molecule has 1 nitrogen and oxygen atoms in total. The van der Waals surface area contributed by atoms with Crippen molar-refractivity contribution in [3.63, 3.8) is 0 Å². The minimum atomic E-state index is 0.900. The maximum atomic E-state index is 3.55. The number of fused-ring (bicyclic) bond motifs is 2. The average Bonchev–Trinajstić information content (AvgIpc) is 1.88. The van der Waals surface area contributed by atoms with E-state index in [2.05, 4.69) is 5.32 Å². The maximum Gasteiger partial charge on any atom is 0.00697 e. The first-order chi connectivity index (χ1) is 4.45.